The van der Waals surface area contributed by atoms with Gasteiger partial charge >= 0.3 is 5.97 Å². The van der Waals surface area contributed by atoms with Gasteiger partial charge in [-0.15, -0.1) is 0 Å². The molecule has 1 fully saturated rings. The van der Waals surface area contributed by atoms with Crippen LogP contribution in [0.25, 0.3) is 0 Å². The van der Waals surface area contributed by atoms with E-state index in [1.54, 1.807) is 23.9 Å². The number of nitrogens with zero attached hydrogens (tertiary/aromatic N) is 1. The Balaban J connectivity index is 1.96. The summed E-state index contributed by atoms with van der Waals surface area (Å²) < 4.78 is 1.63. The Morgan fingerprint density at radius 1 is 1.24 bits per heavy atom. The number of amides is 1. The third kappa shape index (κ3) is 3.51. The Labute approximate surface area is 123 Å². The number of carboxylic acids is 1. The van der Waals surface area contributed by atoms with Crippen molar-refractivity contribution < 1.29 is 19.5 Å². The summed E-state index contributed by atoms with van der Waals surface area (Å²) in [7, 11) is 1.72. The molecule has 1 saturated carbocycles. The van der Waals surface area contributed by atoms with E-state index in [1.165, 1.54) is 6.92 Å². The quantitative estimate of drug-likeness (QED) is 0.825. The predicted molar refractivity (Wildman–Crippen MR) is 76.3 cm³/mol. The molecule has 6 heteroatoms. The molecular formula is C15H20N2O4. The molecule has 1 heterocycles. The average molecular weight is 292 g/mol. The smallest absolute Gasteiger partial charge is 0.306 e. The summed E-state index contributed by atoms with van der Waals surface area (Å²) >= 11 is 0. The largest absolute Gasteiger partial charge is 0.481 e. The van der Waals surface area contributed by atoms with Crippen molar-refractivity contribution in [3.8, 4) is 0 Å². The molecule has 114 valence electrons. The SMILES string of the molecule is CC(=O)c1cc(C(=O)NC2CCC(C(=O)O)CC2)n(C)c1. The number of carbonyl (C=O) groups excluding carboxylic acids is 2. The lowest BCUT2D eigenvalue weighted by Crippen LogP contribution is -2.39. The van der Waals surface area contributed by atoms with E-state index in [0.29, 0.717) is 36.9 Å². The molecule has 0 saturated heterocycles. The fourth-order valence-corrected chi connectivity index (χ4v) is 2.73. The third-order valence-corrected chi connectivity index (χ3v) is 4.06. The molecule has 2 N–H and O–H groups in total. The van der Waals surface area contributed by atoms with Crippen molar-refractivity contribution in [1.29, 1.82) is 0 Å². The van der Waals surface area contributed by atoms with E-state index in [9.17, 15) is 14.4 Å². The van der Waals surface area contributed by atoms with Gasteiger partial charge in [0.15, 0.2) is 5.78 Å². The topological polar surface area (TPSA) is 88.4 Å². The Kier molecular flexibility index (Phi) is 4.45. The molecule has 1 aliphatic rings. The number of aryl methyl sites for hydroxylation is 1. The second-order valence-electron chi connectivity index (χ2n) is 5.64. The summed E-state index contributed by atoms with van der Waals surface area (Å²) in [6.45, 7) is 1.46. The maximum absolute atomic E-state index is 12.2. The van der Waals surface area contributed by atoms with Gasteiger partial charge in [-0.3, -0.25) is 14.4 Å². The lowest BCUT2D eigenvalue weighted by atomic mass is 9.86. The molecule has 1 aromatic rings. The van der Waals surface area contributed by atoms with Crippen molar-refractivity contribution in [1.82, 2.24) is 9.88 Å². The first kappa shape index (κ1) is 15.3. The highest BCUT2D eigenvalue weighted by Gasteiger charge is 2.27. The number of Topliss-reactive ketones (excluding diaryl/α,β-unsaturated/α-hetero) is 1. The number of carboxylic acid groups (broad SMARTS) is 1. The van der Waals surface area contributed by atoms with Gasteiger partial charge < -0.3 is 15.0 Å². The standard InChI is InChI=1S/C15H20N2O4/c1-9(18)11-7-13(17(2)8-11)14(19)16-12-5-3-10(4-6-12)15(20)21/h7-8,10,12H,3-6H2,1-2H3,(H,16,19)(H,20,21). The van der Waals surface area contributed by atoms with Crippen molar-refractivity contribution >= 4 is 17.7 Å². The average Bonchev–Trinajstić information content (AvgIpc) is 2.81. The lowest BCUT2D eigenvalue weighted by Gasteiger charge is -2.26. The maximum Gasteiger partial charge on any atom is 0.306 e. The van der Waals surface area contributed by atoms with Crippen LogP contribution in [0.5, 0.6) is 0 Å². The van der Waals surface area contributed by atoms with Gasteiger partial charge in [0.25, 0.3) is 5.91 Å². The Morgan fingerprint density at radius 2 is 1.86 bits per heavy atom. The first-order chi connectivity index (χ1) is 9.88. The van der Waals surface area contributed by atoms with E-state index in [4.69, 9.17) is 5.11 Å². The van der Waals surface area contributed by atoms with E-state index in [1.807, 2.05) is 0 Å². The summed E-state index contributed by atoms with van der Waals surface area (Å²) in [5.41, 5.74) is 0.956. The van der Waals surface area contributed by atoms with Crippen LogP contribution in [-0.2, 0) is 11.8 Å². The van der Waals surface area contributed by atoms with Crippen molar-refractivity contribution in [2.45, 2.75) is 38.6 Å². The third-order valence-electron chi connectivity index (χ3n) is 4.06. The molecule has 1 aromatic heterocycles. The highest BCUT2D eigenvalue weighted by atomic mass is 16.4. The van der Waals surface area contributed by atoms with Gasteiger partial charge in [0, 0.05) is 24.8 Å². The number of rotatable bonds is 4. The van der Waals surface area contributed by atoms with Crippen LogP contribution >= 0.6 is 0 Å². The Morgan fingerprint density at radius 3 is 2.33 bits per heavy atom. The Bertz CT molecular complexity index is 568. The van der Waals surface area contributed by atoms with Crippen molar-refractivity contribution in [2.24, 2.45) is 13.0 Å². The molecule has 0 aliphatic heterocycles. The minimum Gasteiger partial charge on any atom is -0.481 e. The summed E-state index contributed by atoms with van der Waals surface area (Å²) in [6.07, 6.45) is 4.16. The number of aliphatic carboxylic acids is 1. The zero-order chi connectivity index (χ0) is 15.6. The van der Waals surface area contributed by atoms with Crippen LogP contribution in [0.2, 0.25) is 0 Å². The number of carbonyl (C=O) groups is 3. The molecule has 2 rings (SSSR count). The number of ketones is 1. The minimum atomic E-state index is -0.756. The molecule has 0 bridgehead atoms. The zero-order valence-corrected chi connectivity index (χ0v) is 12.3. The summed E-state index contributed by atoms with van der Waals surface area (Å²) in [4.78, 5) is 34.4. The second kappa shape index (κ2) is 6.11. The first-order valence-electron chi connectivity index (χ1n) is 7.09. The van der Waals surface area contributed by atoms with Gasteiger partial charge in [0.1, 0.15) is 5.69 Å². The molecule has 6 nitrogen and oxygen atoms in total. The van der Waals surface area contributed by atoms with Crippen molar-refractivity contribution in [3.63, 3.8) is 0 Å². The molecular weight excluding hydrogens is 272 g/mol. The maximum atomic E-state index is 12.2. The van der Waals surface area contributed by atoms with Crippen LogP contribution in [0.1, 0.15) is 53.5 Å². The molecule has 0 radical (unpaired) electrons. The number of hydrogen-bond donors (Lipinski definition) is 2. The molecule has 0 atom stereocenters. The van der Waals surface area contributed by atoms with Gasteiger partial charge in [-0.1, -0.05) is 0 Å². The van der Waals surface area contributed by atoms with Crippen LogP contribution in [0.4, 0.5) is 0 Å². The molecule has 0 spiro atoms. The van der Waals surface area contributed by atoms with Crippen LogP contribution in [0.15, 0.2) is 12.3 Å². The van der Waals surface area contributed by atoms with Crippen molar-refractivity contribution in [3.05, 3.63) is 23.5 Å². The van der Waals surface area contributed by atoms with Crippen LogP contribution < -0.4 is 5.32 Å². The van der Waals surface area contributed by atoms with Gasteiger partial charge in [0.05, 0.1) is 5.92 Å². The fourth-order valence-electron chi connectivity index (χ4n) is 2.73. The lowest BCUT2D eigenvalue weighted by molar-refractivity contribution is -0.142. The first-order valence-corrected chi connectivity index (χ1v) is 7.09. The molecule has 1 aliphatic carbocycles. The van der Waals surface area contributed by atoms with E-state index in [0.717, 1.165) is 0 Å². The molecule has 0 aromatic carbocycles. The van der Waals surface area contributed by atoms with Crippen molar-refractivity contribution in [2.75, 3.05) is 0 Å². The van der Waals surface area contributed by atoms with Crippen LogP contribution in [-0.4, -0.2) is 33.4 Å². The predicted octanol–water partition coefficient (Wildman–Crippen LogP) is 1.60. The highest BCUT2D eigenvalue weighted by molar-refractivity contribution is 5.99. The normalized spacial score (nSPS) is 21.8. The molecule has 0 unspecified atom stereocenters. The summed E-state index contributed by atoms with van der Waals surface area (Å²) in [5.74, 6) is -1.35. The van der Waals surface area contributed by atoms with Gasteiger partial charge in [-0.2, -0.15) is 0 Å². The molecule has 21 heavy (non-hydrogen) atoms. The monoisotopic (exact) mass is 292 g/mol. The second-order valence-corrected chi connectivity index (χ2v) is 5.64. The van der Waals surface area contributed by atoms with Crippen LogP contribution in [0.3, 0.4) is 0 Å². The van der Waals surface area contributed by atoms with E-state index < -0.39 is 5.97 Å². The summed E-state index contributed by atoms with van der Waals surface area (Å²) in [6, 6.07) is 1.59. The fraction of sp³-hybridized carbons (Fsp3) is 0.533. The molecule has 1 amide bonds. The summed E-state index contributed by atoms with van der Waals surface area (Å²) in [5, 5.41) is 11.9. The van der Waals surface area contributed by atoms with Gasteiger partial charge in [-0.05, 0) is 38.7 Å². The van der Waals surface area contributed by atoms with Gasteiger partial charge in [0.2, 0.25) is 0 Å². The Hall–Kier alpha value is -2.11. The number of nitrogens with one attached hydrogen (secondary N) is 1. The van der Waals surface area contributed by atoms with E-state index in [-0.39, 0.29) is 23.7 Å². The minimum absolute atomic E-state index is 0.00350. The van der Waals surface area contributed by atoms with Crippen LogP contribution in [0, 0.1) is 5.92 Å². The number of aromatic nitrogens is 1. The van der Waals surface area contributed by atoms with E-state index in [2.05, 4.69) is 5.32 Å². The zero-order valence-electron chi connectivity index (χ0n) is 12.3. The van der Waals surface area contributed by atoms with Gasteiger partial charge in [-0.25, -0.2) is 0 Å². The number of hydrogen-bond acceptors (Lipinski definition) is 3. The highest BCUT2D eigenvalue weighted by Crippen LogP contribution is 2.24. The van der Waals surface area contributed by atoms with E-state index >= 15 is 0 Å².